The number of carbonyl (C=O) groups excluding carboxylic acids is 1. The van der Waals surface area contributed by atoms with Gasteiger partial charge in [-0.05, 0) is 49.2 Å². The van der Waals surface area contributed by atoms with Crippen molar-refractivity contribution in [1.29, 1.82) is 0 Å². The number of halogens is 2. The summed E-state index contributed by atoms with van der Waals surface area (Å²) in [5.41, 5.74) is 1.70. The lowest BCUT2D eigenvalue weighted by Gasteiger charge is -2.22. The molecule has 0 atom stereocenters. The highest BCUT2D eigenvalue weighted by Crippen LogP contribution is 2.20. The van der Waals surface area contributed by atoms with E-state index in [1.807, 2.05) is 13.8 Å². The molecule has 0 bridgehead atoms. The molecule has 0 spiro atoms. The fraction of sp³-hybridized carbons (Fsp3) is 0.278. The molecule has 0 heterocycles. The highest BCUT2D eigenvalue weighted by molar-refractivity contribution is 7.89. The number of anilines is 1. The number of carbonyl (C=O) groups is 1. The van der Waals surface area contributed by atoms with Crippen molar-refractivity contribution in [3.05, 3.63) is 59.2 Å². The first kappa shape index (κ1) is 20.0. The van der Waals surface area contributed by atoms with Gasteiger partial charge in [0.05, 0.1) is 10.6 Å². The van der Waals surface area contributed by atoms with Crippen LogP contribution in [0.1, 0.15) is 18.1 Å². The Hall–Kier alpha value is -2.32. The molecule has 0 saturated heterocycles. The van der Waals surface area contributed by atoms with Crippen LogP contribution in [0.25, 0.3) is 0 Å². The van der Waals surface area contributed by atoms with Crippen molar-refractivity contribution < 1.29 is 22.0 Å². The van der Waals surface area contributed by atoms with E-state index in [0.717, 1.165) is 28.2 Å². The predicted molar refractivity (Wildman–Crippen MR) is 95.5 cm³/mol. The third kappa shape index (κ3) is 4.64. The van der Waals surface area contributed by atoms with Gasteiger partial charge in [-0.2, -0.15) is 0 Å². The molecule has 0 unspecified atom stereocenters. The standard InChI is InChI=1S/C18H20F2N2O3S/c1-12-4-6-16(10-13(12)2)26(24,25)21-8-9-22(14(3)23)18-7-5-15(19)11-17(18)20/h4-7,10-11,21H,8-9H2,1-3H3. The molecule has 0 aromatic heterocycles. The van der Waals surface area contributed by atoms with E-state index < -0.39 is 27.6 Å². The molecule has 0 radical (unpaired) electrons. The molecule has 0 aliphatic rings. The van der Waals surface area contributed by atoms with E-state index >= 15 is 0 Å². The quantitative estimate of drug-likeness (QED) is 0.835. The normalized spacial score (nSPS) is 11.4. The zero-order valence-corrected chi connectivity index (χ0v) is 15.5. The van der Waals surface area contributed by atoms with Crippen LogP contribution in [0.3, 0.4) is 0 Å². The lowest BCUT2D eigenvalue weighted by molar-refractivity contribution is -0.116. The van der Waals surface area contributed by atoms with Crippen molar-refractivity contribution in [3.63, 3.8) is 0 Å². The van der Waals surface area contributed by atoms with Crippen LogP contribution in [0.5, 0.6) is 0 Å². The summed E-state index contributed by atoms with van der Waals surface area (Å²) in [6.07, 6.45) is 0. The summed E-state index contributed by atoms with van der Waals surface area (Å²) in [5, 5.41) is 0. The largest absolute Gasteiger partial charge is 0.309 e. The van der Waals surface area contributed by atoms with Gasteiger partial charge in [-0.15, -0.1) is 0 Å². The van der Waals surface area contributed by atoms with E-state index in [1.165, 1.54) is 13.0 Å². The molecule has 1 N–H and O–H groups in total. The van der Waals surface area contributed by atoms with Crippen LogP contribution in [0.15, 0.2) is 41.3 Å². The minimum absolute atomic E-state index is 0.0953. The van der Waals surface area contributed by atoms with Crippen molar-refractivity contribution in [1.82, 2.24) is 4.72 Å². The first-order valence-electron chi connectivity index (χ1n) is 7.92. The fourth-order valence-corrected chi connectivity index (χ4v) is 3.51. The number of hydrogen-bond donors (Lipinski definition) is 1. The van der Waals surface area contributed by atoms with Gasteiger partial charge in [-0.1, -0.05) is 6.07 Å². The number of amides is 1. The zero-order valence-electron chi connectivity index (χ0n) is 14.7. The Morgan fingerprint density at radius 3 is 2.35 bits per heavy atom. The lowest BCUT2D eigenvalue weighted by Crippen LogP contribution is -2.38. The molecule has 0 aliphatic heterocycles. The summed E-state index contributed by atoms with van der Waals surface area (Å²) in [7, 11) is -3.76. The SMILES string of the molecule is CC(=O)N(CCNS(=O)(=O)c1ccc(C)c(C)c1)c1ccc(F)cc1F. The second-order valence-electron chi connectivity index (χ2n) is 5.91. The van der Waals surface area contributed by atoms with E-state index in [1.54, 1.807) is 12.1 Å². The van der Waals surface area contributed by atoms with E-state index in [0.29, 0.717) is 6.07 Å². The molecule has 8 heteroatoms. The topological polar surface area (TPSA) is 66.5 Å². The minimum Gasteiger partial charge on any atom is -0.309 e. The number of nitrogens with zero attached hydrogens (tertiary/aromatic N) is 1. The van der Waals surface area contributed by atoms with Crippen LogP contribution in [0.2, 0.25) is 0 Å². The van der Waals surface area contributed by atoms with Crippen molar-refractivity contribution in [2.45, 2.75) is 25.7 Å². The summed E-state index contributed by atoms with van der Waals surface area (Å²) in [6.45, 7) is 4.69. The van der Waals surface area contributed by atoms with Gasteiger partial charge in [-0.3, -0.25) is 4.79 Å². The van der Waals surface area contributed by atoms with E-state index in [9.17, 15) is 22.0 Å². The van der Waals surface area contributed by atoms with Crippen LogP contribution in [0, 0.1) is 25.5 Å². The Labute approximate surface area is 151 Å². The van der Waals surface area contributed by atoms with Gasteiger partial charge in [0.25, 0.3) is 0 Å². The zero-order chi connectivity index (χ0) is 19.5. The number of nitrogens with one attached hydrogen (secondary N) is 1. The predicted octanol–water partition coefficient (Wildman–Crippen LogP) is 2.91. The molecule has 2 aromatic carbocycles. The first-order valence-corrected chi connectivity index (χ1v) is 9.40. The highest BCUT2D eigenvalue weighted by Gasteiger charge is 2.19. The van der Waals surface area contributed by atoms with Gasteiger partial charge in [-0.25, -0.2) is 21.9 Å². The lowest BCUT2D eigenvalue weighted by atomic mass is 10.1. The van der Waals surface area contributed by atoms with E-state index in [4.69, 9.17) is 0 Å². The van der Waals surface area contributed by atoms with Crippen molar-refractivity contribution >= 4 is 21.6 Å². The average Bonchev–Trinajstić information content (AvgIpc) is 2.54. The van der Waals surface area contributed by atoms with E-state index in [2.05, 4.69) is 4.72 Å². The highest BCUT2D eigenvalue weighted by atomic mass is 32.2. The molecule has 2 rings (SSSR count). The van der Waals surface area contributed by atoms with Crippen LogP contribution in [0.4, 0.5) is 14.5 Å². The van der Waals surface area contributed by atoms with Gasteiger partial charge in [0.2, 0.25) is 15.9 Å². The Kier molecular flexibility index (Phi) is 6.09. The molecule has 26 heavy (non-hydrogen) atoms. The Balaban J connectivity index is 2.12. The average molecular weight is 382 g/mol. The van der Waals surface area contributed by atoms with Crippen LogP contribution >= 0.6 is 0 Å². The summed E-state index contributed by atoms with van der Waals surface area (Å²) in [4.78, 5) is 12.9. The van der Waals surface area contributed by atoms with Crippen LogP contribution in [-0.4, -0.2) is 27.4 Å². The van der Waals surface area contributed by atoms with Crippen LogP contribution in [-0.2, 0) is 14.8 Å². The number of aryl methyl sites for hydroxylation is 2. The summed E-state index contributed by atoms with van der Waals surface area (Å²) in [6, 6.07) is 7.61. The molecular weight excluding hydrogens is 362 g/mol. The number of hydrogen-bond acceptors (Lipinski definition) is 3. The molecule has 1 amide bonds. The molecule has 5 nitrogen and oxygen atoms in total. The monoisotopic (exact) mass is 382 g/mol. The minimum atomic E-state index is -3.76. The molecule has 140 valence electrons. The van der Waals surface area contributed by atoms with E-state index in [-0.39, 0.29) is 23.7 Å². The van der Waals surface area contributed by atoms with Gasteiger partial charge in [0.15, 0.2) is 0 Å². The van der Waals surface area contributed by atoms with Gasteiger partial charge in [0, 0.05) is 26.1 Å². The maximum atomic E-state index is 13.9. The first-order chi connectivity index (χ1) is 12.1. The molecule has 0 aliphatic carbocycles. The summed E-state index contributed by atoms with van der Waals surface area (Å²) in [5.74, 6) is -2.14. The smallest absolute Gasteiger partial charge is 0.240 e. The van der Waals surface area contributed by atoms with Crippen molar-refractivity contribution in [3.8, 4) is 0 Å². The van der Waals surface area contributed by atoms with Crippen LogP contribution < -0.4 is 9.62 Å². The third-order valence-corrected chi connectivity index (χ3v) is 5.46. The number of benzene rings is 2. The molecule has 0 fully saturated rings. The molecule has 0 saturated carbocycles. The number of rotatable bonds is 6. The summed E-state index contributed by atoms with van der Waals surface area (Å²) >= 11 is 0. The second kappa shape index (κ2) is 7.92. The maximum Gasteiger partial charge on any atom is 0.240 e. The Morgan fingerprint density at radius 2 is 1.77 bits per heavy atom. The van der Waals surface area contributed by atoms with Gasteiger partial charge < -0.3 is 4.90 Å². The maximum absolute atomic E-state index is 13.9. The fourth-order valence-electron chi connectivity index (χ4n) is 2.40. The van der Waals surface area contributed by atoms with Crippen molar-refractivity contribution in [2.75, 3.05) is 18.0 Å². The molecular formula is C18H20F2N2O3S. The summed E-state index contributed by atoms with van der Waals surface area (Å²) < 4.78 is 54.0. The third-order valence-electron chi connectivity index (χ3n) is 4.00. The van der Waals surface area contributed by atoms with Gasteiger partial charge in [0.1, 0.15) is 11.6 Å². The molecule has 2 aromatic rings. The van der Waals surface area contributed by atoms with Crippen molar-refractivity contribution in [2.24, 2.45) is 0 Å². The number of sulfonamides is 1. The Morgan fingerprint density at radius 1 is 1.08 bits per heavy atom. The Bertz CT molecular complexity index is 930. The second-order valence-corrected chi connectivity index (χ2v) is 7.68. The van der Waals surface area contributed by atoms with Gasteiger partial charge >= 0.3 is 0 Å².